The molecular weight excluding hydrogens is 332 g/mol. The Morgan fingerprint density at radius 2 is 1.76 bits per heavy atom. The first kappa shape index (κ1) is 17.4. The third-order valence-electron chi connectivity index (χ3n) is 3.97. The van der Waals surface area contributed by atoms with Crippen molar-refractivity contribution in [2.75, 3.05) is 11.9 Å². The molecule has 1 aromatic carbocycles. The van der Waals surface area contributed by atoms with Gasteiger partial charge < -0.3 is 5.32 Å². The highest BCUT2D eigenvalue weighted by Gasteiger charge is 2.39. The highest BCUT2D eigenvalue weighted by Crippen LogP contribution is 2.33. The van der Waals surface area contributed by atoms with Crippen LogP contribution in [0.25, 0.3) is 5.57 Å². The smallest absolute Gasteiger partial charge is 0.278 e. The van der Waals surface area contributed by atoms with Gasteiger partial charge in [0.1, 0.15) is 5.70 Å². The third-order valence-corrected chi connectivity index (χ3v) is 4.86. The van der Waals surface area contributed by atoms with Gasteiger partial charge in [-0.25, -0.2) is 0 Å². The predicted octanol–water partition coefficient (Wildman–Crippen LogP) is 4.21. The SMILES string of the molecule is Cc1cc(C)cc(NC2=C(c3cccs3)C(=O)N(CC(C)C)C2=O)c1. The lowest BCUT2D eigenvalue weighted by Gasteiger charge is -2.17. The molecule has 1 aliphatic heterocycles. The number of carbonyl (C=O) groups is 2. The fraction of sp³-hybridized carbons (Fsp3) is 0.300. The van der Waals surface area contributed by atoms with Gasteiger partial charge in [-0.2, -0.15) is 0 Å². The average Bonchev–Trinajstić information content (AvgIpc) is 3.10. The summed E-state index contributed by atoms with van der Waals surface area (Å²) in [6.45, 7) is 8.45. The predicted molar refractivity (Wildman–Crippen MR) is 102 cm³/mol. The minimum Gasteiger partial charge on any atom is -0.350 e. The maximum atomic E-state index is 12.9. The van der Waals surface area contributed by atoms with Gasteiger partial charge in [-0.3, -0.25) is 14.5 Å². The first-order chi connectivity index (χ1) is 11.9. The molecule has 1 aromatic heterocycles. The van der Waals surface area contributed by atoms with Gasteiger partial charge in [-0.15, -0.1) is 11.3 Å². The maximum Gasteiger partial charge on any atom is 0.278 e. The van der Waals surface area contributed by atoms with Crippen molar-refractivity contribution in [3.63, 3.8) is 0 Å². The zero-order valence-electron chi connectivity index (χ0n) is 14.9. The van der Waals surface area contributed by atoms with E-state index in [1.54, 1.807) is 0 Å². The van der Waals surface area contributed by atoms with E-state index in [-0.39, 0.29) is 17.7 Å². The normalized spacial score (nSPS) is 14.8. The second-order valence-electron chi connectivity index (χ2n) is 6.84. The topological polar surface area (TPSA) is 49.4 Å². The van der Waals surface area contributed by atoms with Crippen molar-refractivity contribution in [3.8, 4) is 0 Å². The Morgan fingerprint density at radius 3 is 2.32 bits per heavy atom. The number of benzene rings is 1. The van der Waals surface area contributed by atoms with Gasteiger partial charge >= 0.3 is 0 Å². The monoisotopic (exact) mass is 354 g/mol. The summed E-state index contributed by atoms with van der Waals surface area (Å²) in [5.41, 5.74) is 3.89. The Hall–Kier alpha value is -2.40. The zero-order chi connectivity index (χ0) is 18.1. The summed E-state index contributed by atoms with van der Waals surface area (Å²) in [4.78, 5) is 28.0. The summed E-state index contributed by atoms with van der Waals surface area (Å²) in [7, 11) is 0. The number of aryl methyl sites for hydroxylation is 2. The summed E-state index contributed by atoms with van der Waals surface area (Å²) in [5, 5.41) is 5.13. The van der Waals surface area contributed by atoms with Crippen molar-refractivity contribution in [2.24, 2.45) is 5.92 Å². The van der Waals surface area contributed by atoms with E-state index < -0.39 is 0 Å². The molecule has 1 N–H and O–H groups in total. The molecule has 0 atom stereocenters. The van der Waals surface area contributed by atoms with E-state index in [9.17, 15) is 9.59 Å². The van der Waals surface area contributed by atoms with Gasteiger partial charge in [-0.05, 0) is 54.5 Å². The molecule has 0 unspecified atom stereocenters. The number of thiophene rings is 1. The molecule has 0 radical (unpaired) electrons. The number of imide groups is 1. The molecule has 4 nitrogen and oxygen atoms in total. The Morgan fingerprint density at radius 1 is 1.08 bits per heavy atom. The largest absolute Gasteiger partial charge is 0.350 e. The highest BCUT2D eigenvalue weighted by molar-refractivity contribution is 7.11. The molecule has 5 heteroatoms. The van der Waals surface area contributed by atoms with Gasteiger partial charge in [0.05, 0.1) is 5.57 Å². The number of anilines is 1. The van der Waals surface area contributed by atoms with Crippen molar-refractivity contribution in [3.05, 3.63) is 57.4 Å². The number of hydrogen-bond acceptors (Lipinski definition) is 4. The molecule has 0 saturated carbocycles. The van der Waals surface area contributed by atoms with Crippen LogP contribution in [0, 0.1) is 19.8 Å². The minimum atomic E-state index is -0.249. The fourth-order valence-corrected chi connectivity index (χ4v) is 3.83. The number of nitrogens with zero attached hydrogens (tertiary/aromatic N) is 1. The number of carbonyl (C=O) groups excluding carboxylic acids is 2. The summed E-state index contributed by atoms with van der Waals surface area (Å²) < 4.78 is 0. The van der Waals surface area contributed by atoms with E-state index in [0.717, 1.165) is 21.7 Å². The quantitative estimate of drug-likeness (QED) is 0.818. The van der Waals surface area contributed by atoms with Gasteiger partial charge in [0.2, 0.25) is 0 Å². The van der Waals surface area contributed by atoms with Crippen LogP contribution in [-0.2, 0) is 9.59 Å². The standard InChI is InChI=1S/C20H22N2O2S/c1-12(2)11-22-19(23)17(16-6-5-7-25-16)18(20(22)24)21-15-9-13(3)8-14(4)10-15/h5-10,12,21H,11H2,1-4H3. The van der Waals surface area contributed by atoms with Crippen molar-refractivity contribution < 1.29 is 9.59 Å². The van der Waals surface area contributed by atoms with Crippen LogP contribution in [0.5, 0.6) is 0 Å². The van der Waals surface area contributed by atoms with Crippen LogP contribution in [-0.4, -0.2) is 23.3 Å². The van der Waals surface area contributed by atoms with E-state index in [2.05, 4.69) is 11.4 Å². The molecular formula is C20H22N2O2S. The summed E-state index contributed by atoms with van der Waals surface area (Å²) in [5.74, 6) is -0.243. The van der Waals surface area contributed by atoms with Crippen LogP contribution in [0.3, 0.4) is 0 Å². The molecule has 2 aromatic rings. The second kappa shape index (κ2) is 6.84. The van der Waals surface area contributed by atoms with Gasteiger partial charge in [-0.1, -0.05) is 26.0 Å². The molecule has 3 rings (SSSR count). The Balaban J connectivity index is 2.04. The van der Waals surface area contributed by atoms with Crippen LogP contribution in [0.4, 0.5) is 5.69 Å². The number of amides is 2. The molecule has 0 bridgehead atoms. The first-order valence-electron chi connectivity index (χ1n) is 8.36. The molecule has 1 aliphatic rings. The molecule has 0 spiro atoms. The van der Waals surface area contributed by atoms with E-state index >= 15 is 0 Å². The fourth-order valence-electron chi connectivity index (χ4n) is 3.06. The van der Waals surface area contributed by atoms with Crippen LogP contribution in [0.2, 0.25) is 0 Å². The lowest BCUT2D eigenvalue weighted by molar-refractivity contribution is -0.137. The van der Waals surface area contributed by atoms with Gasteiger partial charge in [0, 0.05) is 17.1 Å². The van der Waals surface area contributed by atoms with Crippen LogP contribution >= 0.6 is 11.3 Å². The lowest BCUT2D eigenvalue weighted by atomic mass is 10.1. The van der Waals surface area contributed by atoms with Gasteiger partial charge in [0.25, 0.3) is 11.8 Å². The lowest BCUT2D eigenvalue weighted by Crippen LogP contribution is -2.35. The van der Waals surface area contributed by atoms with Crippen molar-refractivity contribution in [1.29, 1.82) is 0 Å². The molecule has 2 amide bonds. The van der Waals surface area contributed by atoms with E-state index in [1.807, 2.05) is 57.3 Å². The van der Waals surface area contributed by atoms with E-state index in [0.29, 0.717) is 17.8 Å². The zero-order valence-corrected chi connectivity index (χ0v) is 15.7. The van der Waals surface area contributed by atoms with Crippen LogP contribution < -0.4 is 5.32 Å². The second-order valence-corrected chi connectivity index (χ2v) is 7.79. The molecule has 0 fully saturated rings. The maximum absolute atomic E-state index is 12.9. The molecule has 0 saturated heterocycles. The van der Waals surface area contributed by atoms with E-state index in [1.165, 1.54) is 16.2 Å². The summed E-state index contributed by atoms with van der Waals surface area (Å²) >= 11 is 1.47. The summed E-state index contributed by atoms with van der Waals surface area (Å²) in [6, 6.07) is 9.81. The van der Waals surface area contributed by atoms with Crippen molar-refractivity contribution >= 4 is 34.4 Å². The first-order valence-corrected chi connectivity index (χ1v) is 9.24. The Labute approximate surface area is 152 Å². The molecule has 2 heterocycles. The molecule has 0 aliphatic carbocycles. The summed E-state index contributed by atoms with van der Waals surface area (Å²) in [6.07, 6.45) is 0. The van der Waals surface area contributed by atoms with Crippen molar-refractivity contribution in [2.45, 2.75) is 27.7 Å². The molecule has 25 heavy (non-hydrogen) atoms. The average molecular weight is 354 g/mol. The Bertz CT molecular complexity index is 830. The van der Waals surface area contributed by atoms with Crippen LogP contribution in [0.1, 0.15) is 29.9 Å². The highest BCUT2D eigenvalue weighted by atomic mass is 32.1. The Kier molecular flexibility index (Phi) is 4.77. The van der Waals surface area contributed by atoms with E-state index in [4.69, 9.17) is 0 Å². The van der Waals surface area contributed by atoms with Crippen molar-refractivity contribution in [1.82, 2.24) is 4.90 Å². The number of rotatable bonds is 5. The van der Waals surface area contributed by atoms with Gasteiger partial charge in [0.15, 0.2) is 0 Å². The third kappa shape index (κ3) is 3.51. The van der Waals surface area contributed by atoms with Crippen LogP contribution in [0.15, 0.2) is 41.4 Å². The number of nitrogens with one attached hydrogen (secondary N) is 1. The number of hydrogen-bond donors (Lipinski definition) is 1. The minimum absolute atomic E-state index is 0.215. The molecule has 130 valence electrons.